The lowest BCUT2D eigenvalue weighted by Gasteiger charge is -2.16. The number of hydrogen-bond donors (Lipinski definition) is 0. The monoisotopic (exact) mass is 442 g/mol. The molecule has 3 aromatic rings. The Morgan fingerprint density at radius 3 is 2.31 bits per heavy atom. The zero-order valence-corrected chi connectivity index (χ0v) is 18.8. The van der Waals surface area contributed by atoms with Crippen molar-refractivity contribution in [2.45, 2.75) is 13.8 Å². The molecule has 0 atom stereocenters. The largest absolute Gasteiger partial charge is 0.465 e. The van der Waals surface area contributed by atoms with Crippen molar-refractivity contribution in [2.24, 2.45) is 4.99 Å². The Bertz CT molecular complexity index is 1250. The van der Waals surface area contributed by atoms with Crippen LogP contribution in [0.15, 0.2) is 82.7 Å². The van der Waals surface area contributed by atoms with Gasteiger partial charge in [0, 0.05) is 0 Å². The van der Waals surface area contributed by atoms with Gasteiger partial charge < -0.3 is 4.74 Å². The smallest absolute Gasteiger partial charge is 0.337 e. The topological polar surface area (TPSA) is 59.0 Å². The maximum Gasteiger partial charge on any atom is 0.337 e. The Morgan fingerprint density at radius 2 is 1.66 bits per heavy atom. The Labute approximate surface area is 191 Å². The van der Waals surface area contributed by atoms with Gasteiger partial charge in [0.2, 0.25) is 0 Å². The van der Waals surface area contributed by atoms with E-state index >= 15 is 0 Å². The van der Waals surface area contributed by atoms with E-state index in [0.29, 0.717) is 15.6 Å². The molecule has 1 saturated heterocycles. The van der Waals surface area contributed by atoms with Gasteiger partial charge in [-0.05, 0) is 84.8 Å². The van der Waals surface area contributed by atoms with Gasteiger partial charge in [-0.15, -0.1) is 0 Å². The summed E-state index contributed by atoms with van der Waals surface area (Å²) >= 11 is 1.33. The van der Waals surface area contributed by atoms with Crippen LogP contribution in [-0.2, 0) is 9.53 Å². The number of aliphatic imine (C=N–C) groups is 1. The molecule has 5 nitrogen and oxygen atoms in total. The molecule has 160 valence electrons. The molecule has 1 amide bonds. The number of methoxy groups -OCH3 is 1. The minimum absolute atomic E-state index is 0.135. The number of nitrogens with zero attached hydrogens (tertiary/aromatic N) is 2. The Kier molecular flexibility index (Phi) is 6.23. The normalized spacial score (nSPS) is 16.1. The second kappa shape index (κ2) is 9.24. The van der Waals surface area contributed by atoms with Gasteiger partial charge in [-0.1, -0.05) is 36.4 Å². The molecule has 1 fully saturated rings. The molecule has 32 heavy (non-hydrogen) atoms. The van der Waals surface area contributed by atoms with Crippen molar-refractivity contribution in [3.8, 4) is 0 Å². The highest BCUT2D eigenvalue weighted by atomic mass is 32.2. The van der Waals surface area contributed by atoms with Crippen LogP contribution < -0.4 is 4.90 Å². The minimum atomic E-state index is -0.395. The molecule has 0 aromatic heterocycles. The molecule has 4 rings (SSSR count). The number of amidine groups is 1. The molecule has 3 aromatic carbocycles. The predicted octanol–water partition coefficient (Wildman–Crippen LogP) is 5.90. The second-order valence-electron chi connectivity index (χ2n) is 7.44. The molecule has 0 N–H and O–H groups in total. The van der Waals surface area contributed by atoms with Crippen LogP contribution in [0, 0.1) is 13.8 Å². The summed E-state index contributed by atoms with van der Waals surface area (Å²) in [6.45, 7) is 4.01. The molecule has 0 unspecified atom stereocenters. The molecule has 0 saturated carbocycles. The van der Waals surface area contributed by atoms with Crippen LogP contribution in [-0.4, -0.2) is 24.2 Å². The third kappa shape index (κ3) is 4.65. The van der Waals surface area contributed by atoms with Gasteiger partial charge in [0.1, 0.15) is 0 Å². The molecule has 0 radical (unpaired) electrons. The molecule has 1 aliphatic heterocycles. The maximum atomic E-state index is 13.4. The van der Waals surface area contributed by atoms with Gasteiger partial charge in [-0.25, -0.2) is 9.79 Å². The van der Waals surface area contributed by atoms with Crippen molar-refractivity contribution in [1.82, 2.24) is 0 Å². The van der Waals surface area contributed by atoms with Crippen molar-refractivity contribution in [3.05, 3.63) is 100.0 Å². The number of anilines is 1. The first-order valence-electron chi connectivity index (χ1n) is 10.1. The van der Waals surface area contributed by atoms with E-state index in [0.717, 1.165) is 28.1 Å². The standard InChI is InChI=1S/C26H22N2O3S/c1-17-6-4-8-21(14-17)27-26-28(22-9-5-7-18(2)15-22)24(29)23(32-26)16-19-10-12-20(13-11-19)25(30)31-3/h4-16H,1-3H3/b23-16+,27-26?. The van der Waals surface area contributed by atoms with E-state index in [-0.39, 0.29) is 5.91 Å². The first kappa shape index (κ1) is 21.6. The Hall–Kier alpha value is -3.64. The lowest BCUT2D eigenvalue weighted by Crippen LogP contribution is -2.28. The number of thioether (sulfide) groups is 1. The Balaban J connectivity index is 1.73. The summed E-state index contributed by atoms with van der Waals surface area (Å²) in [7, 11) is 1.35. The SMILES string of the molecule is COC(=O)c1ccc(/C=C2/SC(=Nc3cccc(C)c3)N(c3cccc(C)c3)C2=O)cc1. The summed E-state index contributed by atoms with van der Waals surface area (Å²) in [4.78, 5) is 32.0. The first-order valence-corrected chi connectivity index (χ1v) is 10.9. The van der Waals surface area contributed by atoms with Crippen molar-refractivity contribution < 1.29 is 14.3 Å². The molecule has 6 heteroatoms. The van der Waals surface area contributed by atoms with E-state index in [1.807, 2.05) is 68.5 Å². The van der Waals surface area contributed by atoms with E-state index in [1.54, 1.807) is 29.2 Å². The van der Waals surface area contributed by atoms with Gasteiger partial charge in [-0.2, -0.15) is 0 Å². The number of ether oxygens (including phenoxy) is 1. The van der Waals surface area contributed by atoms with Gasteiger partial charge in [0.05, 0.1) is 29.0 Å². The average Bonchev–Trinajstić information content (AvgIpc) is 3.08. The highest BCUT2D eigenvalue weighted by Gasteiger charge is 2.34. The zero-order chi connectivity index (χ0) is 22.7. The van der Waals surface area contributed by atoms with Crippen molar-refractivity contribution in [3.63, 3.8) is 0 Å². The summed E-state index contributed by atoms with van der Waals surface area (Å²) in [5.74, 6) is -0.530. The van der Waals surface area contributed by atoms with Crippen LogP contribution in [0.4, 0.5) is 11.4 Å². The fraction of sp³-hybridized carbons (Fsp3) is 0.115. The summed E-state index contributed by atoms with van der Waals surface area (Å²) in [6.07, 6.45) is 1.82. The maximum absolute atomic E-state index is 13.4. The van der Waals surface area contributed by atoms with Crippen LogP contribution in [0.5, 0.6) is 0 Å². The number of aryl methyl sites for hydroxylation is 2. The first-order chi connectivity index (χ1) is 15.4. The number of rotatable bonds is 4. The van der Waals surface area contributed by atoms with E-state index in [2.05, 4.69) is 0 Å². The van der Waals surface area contributed by atoms with Crippen LogP contribution in [0.2, 0.25) is 0 Å². The highest BCUT2D eigenvalue weighted by Crippen LogP contribution is 2.37. The summed E-state index contributed by atoms with van der Waals surface area (Å²) in [6, 6.07) is 22.6. The fourth-order valence-electron chi connectivity index (χ4n) is 3.34. The molecular weight excluding hydrogens is 420 g/mol. The number of esters is 1. The van der Waals surface area contributed by atoms with Crippen molar-refractivity contribution in [1.29, 1.82) is 0 Å². The second-order valence-corrected chi connectivity index (χ2v) is 8.45. The Morgan fingerprint density at radius 1 is 0.969 bits per heavy atom. The molecule has 0 aliphatic carbocycles. The number of hydrogen-bond acceptors (Lipinski definition) is 5. The average molecular weight is 443 g/mol. The minimum Gasteiger partial charge on any atom is -0.465 e. The summed E-state index contributed by atoms with van der Waals surface area (Å²) in [5.41, 5.74) is 5.01. The van der Waals surface area contributed by atoms with Gasteiger partial charge in [-0.3, -0.25) is 9.69 Å². The summed E-state index contributed by atoms with van der Waals surface area (Å²) in [5, 5.41) is 0.601. The van der Waals surface area contributed by atoms with Crippen molar-refractivity contribution in [2.75, 3.05) is 12.0 Å². The quantitative estimate of drug-likeness (QED) is 0.373. The molecule has 0 spiro atoms. The number of amides is 1. The molecule has 1 heterocycles. The number of benzene rings is 3. The number of carbonyl (C=O) groups excluding carboxylic acids is 2. The van der Waals surface area contributed by atoms with E-state index in [9.17, 15) is 9.59 Å². The van der Waals surface area contributed by atoms with Gasteiger partial charge in [0.15, 0.2) is 5.17 Å². The van der Waals surface area contributed by atoms with E-state index in [4.69, 9.17) is 9.73 Å². The van der Waals surface area contributed by atoms with Crippen LogP contribution in [0.25, 0.3) is 6.08 Å². The molecule has 1 aliphatic rings. The highest BCUT2D eigenvalue weighted by molar-refractivity contribution is 8.19. The van der Waals surface area contributed by atoms with E-state index < -0.39 is 5.97 Å². The predicted molar refractivity (Wildman–Crippen MR) is 130 cm³/mol. The van der Waals surface area contributed by atoms with Crippen LogP contribution in [0.3, 0.4) is 0 Å². The lowest BCUT2D eigenvalue weighted by molar-refractivity contribution is -0.113. The number of carbonyl (C=O) groups is 2. The third-order valence-corrected chi connectivity index (χ3v) is 5.89. The molecular formula is C26H22N2O3S. The molecule has 0 bridgehead atoms. The van der Waals surface area contributed by atoms with Gasteiger partial charge >= 0.3 is 5.97 Å². The zero-order valence-electron chi connectivity index (χ0n) is 18.0. The summed E-state index contributed by atoms with van der Waals surface area (Å²) < 4.78 is 4.74. The van der Waals surface area contributed by atoms with Crippen LogP contribution >= 0.6 is 11.8 Å². The van der Waals surface area contributed by atoms with E-state index in [1.165, 1.54) is 18.9 Å². The van der Waals surface area contributed by atoms with Crippen LogP contribution in [0.1, 0.15) is 27.0 Å². The fourth-order valence-corrected chi connectivity index (χ4v) is 4.34. The third-order valence-electron chi connectivity index (χ3n) is 4.92. The lowest BCUT2D eigenvalue weighted by atomic mass is 10.1. The van der Waals surface area contributed by atoms with Crippen molar-refractivity contribution >= 4 is 46.3 Å². The van der Waals surface area contributed by atoms with Gasteiger partial charge in [0.25, 0.3) is 5.91 Å².